The Bertz CT molecular complexity index is 846. The lowest BCUT2D eigenvalue weighted by molar-refractivity contribution is -0.122. The topological polar surface area (TPSA) is 74.8 Å². The van der Waals surface area contributed by atoms with E-state index in [1.807, 2.05) is 24.3 Å². The zero-order valence-corrected chi connectivity index (χ0v) is 16.4. The van der Waals surface area contributed by atoms with Gasteiger partial charge in [-0.15, -0.1) is 0 Å². The Hall–Kier alpha value is -2.58. The molecule has 0 atom stereocenters. The molecule has 0 unspecified atom stereocenters. The Balaban J connectivity index is 1.38. The number of carbonyl (C=O) groups excluding carboxylic acids is 4. The summed E-state index contributed by atoms with van der Waals surface area (Å²) in [6.45, 7) is 0. The van der Waals surface area contributed by atoms with Gasteiger partial charge >= 0.3 is 0 Å². The van der Waals surface area contributed by atoms with Gasteiger partial charge in [0.15, 0.2) is 0 Å². The number of benzene rings is 2. The van der Waals surface area contributed by atoms with E-state index in [0.717, 1.165) is 9.79 Å². The fraction of sp³-hybridized carbons (Fsp3) is 0.200. The van der Waals surface area contributed by atoms with Gasteiger partial charge in [-0.2, -0.15) is 0 Å². The Kier molecular flexibility index (Phi) is 5.23. The second-order valence-corrected chi connectivity index (χ2v) is 8.68. The summed E-state index contributed by atoms with van der Waals surface area (Å²) >= 11 is 0. The Morgan fingerprint density at radius 2 is 0.786 bits per heavy atom. The first-order valence-corrected chi connectivity index (χ1v) is 10.9. The van der Waals surface area contributed by atoms with E-state index in [-0.39, 0.29) is 49.3 Å². The summed E-state index contributed by atoms with van der Waals surface area (Å²) in [6.07, 6.45) is 1.09. The molecule has 4 rings (SSSR count). The fourth-order valence-corrected chi connectivity index (χ4v) is 5.06. The average Bonchev–Trinajstić information content (AvgIpc) is 3.22. The number of amides is 4. The third kappa shape index (κ3) is 3.70. The minimum absolute atomic E-state index is 0.158. The van der Waals surface area contributed by atoms with E-state index >= 15 is 0 Å². The summed E-state index contributed by atoms with van der Waals surface area (Å²) in [5.74, 6) is -0.630. The molecule has 4 amide bonds. The predicted octanol–water partition coefficient (Wildman–Crippen LogP) is 3.79. The highest BCUT2D eigenvalue weighted by Crippen LogP contribution is 2.39. The van der Waals surface area contributed by atoms with Gasteiger partial charge in [0.25, 0.3) is 0 Å². The van der Waals surface area contributed by atoms with Crippen molar-refractivity contribution >= 4 is 56.6 Å². The third-order valence-corrected chi connectivity index (χ3v) is 6.94. The second-order valence-electron chi connectivity index (χ2n) is 6.40. The van der Waals surface area contributed by atoms with Crippen molar-refractivity contribution in [2.75, 3.05) is 9.80 Å². The number of anilines is 2. The van der Waals surface area contributed by atoms with Crippen LogP contribution in [0.25, 0.3) is 0 Å². The SMILES string of the molecule is O=C1CCC(=O)N1c1ccc(SSc2ccc(N3C(=O)CCC3=O)cc2)cc1. The molecule has 2 aromatic carbocycles. The molecule has 0 bridgehead atoms. The van der Waals surface area contributed by atoms with Crippen molar-refractivity contribution in [3.05, 3.63) is 48.5 Å². The minimum Gasteiger partial charge on any atom is -0.274 e. The van der Waals surface area contributed by atoms with Crippen molar-refractivity contribution < 1.29 is 19.2 Å². The van der Waals surface area contributed by atoms with Crippen LogP contribution in [0, 0.1) is 0 Å². The Labute approximate surface area is 169 Å². The lowest BCUT2D eigenvalue weighted by Gasteiger charge is -2.14. The maximum absolute atomic E-state index is 11.8. The van der Waals surface area contributed by atoms with Crippen LogP contribution in [-0.2, 0) is 19.2 Å². The van der Waals surface area contributed by atoms with Gasteiger partial charge < -0.3 is 0 Å². The first kappa shape index (κ1) is 18.8. The lowest BCUT2D eigenvalue weighted by atomic mass is 10.3. The smallest absolute Gasteiger partial charge is 0.234 e. The molecular formula is C20H16N2O4S2. The highest BCUT2D eigenvalue weighted by Gasteiger charge is 2.31. The van der Waals surface area contributed by atoms with E-state index in [1.165, 1.54) is 9.80 Å². The number of imide groups is 2. The second kappa shape index (κ2) is 7.81. The molecule has 0 aliphatic carbocycles. The molecule has 2 heterocycles. The molecule has 2 aliphatic heterocycles. The van der Waals surface area contributed by atoms with Crippen LogP contribution in [0.2, 0.25) is 0 Å². The quantitative estimate of drug-likeness (QED) is 0.549. The van der Waals surface area contributed by atoms with Crippen molar-refractivity contribution in [2.24, 2.45) is 0 Å². The molecule has 142 valence electrons. The van der Waals surface area contributed by atoms with Gasteiger partial charge in [-0.1, -0.05) is 21.6 Å². The Morgan fingerprint density at radius 1 is 0.500 bits per heavy atom. The zero-order valence-electron chi connectivity index (χ0n) is 14.8. The van der Waals surface area contributed by atoms with E-state index in [9.17, 15) is 19.2 Å². The molecule has 0 aromatic heterocycles. The predicted molar refractivity (Wildman–Crippen MR) is 108 cm³/mol. The molecule has 2 aliphatic rings. The average molecular weight is 412 g/mol. The molecule has 2 aromatic rings. The van der Waals surface area contributed by atoms with Crippen molar-refractivity contribution in [1.82, 2.24) is 0 Å². The van der Waals surface area contributed by atoms with Gasteiger partial charge in [-0.05, 0) is 48.5 Å². The van der Waals surface area contributed by atoms with E-state index in [1.54, 1.807) is 45.9 Å². The lowest BCUT2D eigenvalue weighted by Crippen LogP contribution is -2.28. The van der Waals surface area contributed by atoms with Crippen LogP contribution in [0.5, 0.6) is 0 Å². The summed E-state index contributed by atoms with van der Waals surface area (Å²) in [7, 11) is 3.09. The van der Waals surface area contributed by atoms with Gasteiger partial charge in [0.05, 0.1) is 11.4 Å². The maximum atomic E-state index is 11.8. The van der Waals surface area contributed by atoms with Gasteiger partial charge in [0.1, 0.15) is 0 Å². The Morgan fingerprint density at radius 3 is 1.07 bits per heavy atom. The summed E-state index contributed by atoms with van der Waals surface area (Å²) in [6, 6.07) is 14.6. The molecular weight excluding hydrogens is 396 g/mol. The highest BCUT2D eigenvalue weighted by molar-refractivity contribution is 8.76. The molecule has 0 spiro atoms. The highest BCUT2D eigenvalue weighted by atomic mass is 33.1. The number of nitrogens with zero attached hydrogens (tertiary/aromatic N) is 2. The van der Waals surface area contributed by atoms with Crippen LogP contribution >= 0.6 is 21.6 Å². The number of hydrogen-bond acceptors (Lipinski definition) is 6. The van der Waals surface area contributed by atoms with E-state index in [4.69, 9.17) is 0 Å². The molecule has 8 heteroatoms. The third-order valence-electron chi connectivity index (χ3n) is 4.53. The standard InChI is InChI=1S/C20H16N2O4S2/c23-17-9-10-18(24)21(17)13-1-5-15(6-2-13)27-28-16-7-3-14(4-8-16)22-19(25)11-12-20(22)26/h1-8H,9-12H2. The van der Waals surface area contributed by atoms with Gasteiger partial charge in [-0.3, -0.25) is 29.0 Å². The molecule has 6 nitrogen and oxygen atoms in total. The minimum atomic E-state index is -0.158. The van der Waals surface area contributed by atoms with Gasteiger partial charge in [-0.25, -0.2) is 0 Å². The largest absolute Gasteiger partial charge is 0.274 e. The molecule has 0 radical (unpaired) electrons. The van der Waals surface area contributed by atoms with E-state index in [2.05, 4.69) is 0 Å². The van der Waals surface area contributed by atoms with Crippen molar-refractivity contribution in [3.8, 4) is 0 Å². The van der Waals surface area contributed by atoms with Crippen molar-refractivity contribution in [3.63, 3.8) is 0 Å². The van der Waals surface area contributed by atoms with Gasteiger partial charge in [0.2, 0.25) is 23.6 Å². The van der Waals surface area contributed by atoms with Crippen molar-refractivity contribution in [1.29, 1.82) is 0 Å². The van der Waals surface area contributed by atoms with Crippen LogP contribution < -0.4 is 9.80 Å². The summed E-state index contributed by atoms with van der Waals surface area (Å²) in [5.41, 5.74) is 1.21. The number of carbonyl (C=O) groups is 4. The number of hydrogen-bond donors (Lipinski definition) is 0. The number of rotatable bonds is 5. The zero-order chi connectivity index (χ0) is 19.7. The van der Waals surface area contributed by atoms with Crippen molar-refractivity contribution in [2.45, 2.75) is 35.5 Å². The first-order valence-electron chi connectivity index (χ1n) is 8.79. The van der Waals surface area contributed by atoms with Crippen LogP contribution in [0.15, 0.2) is 58.3 Å². The first-order chi connectivity index (χ1) is 13.5. The fourth-order valence-electron chi connectivity index (χ4n) is 3.13. The van der Waals surface area contributed by atoms with Crippen LogP contribution in [0.4, 0.5) is 11.4 Å². The van der Waals surface area contributed by atoms with Gasteiger partial charge in [0, 0.05) is 35.5 Å². The summed E-state index contributed by atoms with van der Waals surface area (Å²) in [5, 5.41) is 0. The van der Waals surface area contributed by atoms with Crippen LogP contribution in [0.3, 0.4) is 0 Å². The molecule has 2 fully saturated rings. The van der Waals surface area contributed by atoms with E-state index < -0.39 is 0 Å². The summed E-state index contributed by atoms with van der Waals surface area (Å²) in [4.78, 5) is 51.6. The summed E-state index contributed by atoms with van der Waals surface area (Å²) < 4.78 is 0. The monoisotopic (exact) mass is 412 g/mol. The van der Waals surface area contributed by atoms with Crippen LogP contribution in [-0.4, -0.2) is 23.6 Å². The molecule has 28 heavy (non-hydrogen) atoms. The molecule has 0 N–H and O–H groups in total. The molecule has 0 saturated carbocycles. The normalized spacial score (nSPS) is 17.1. The van der Waals surface area contributed by atoms with E-state index in [0.29, 0.717) is 11.4 Å². The molecule has 2 saturated heterocycles. The maximum Gasteiger partial charge on any atom is 0.234 e. The van der Waals surface area contributed by atoms with Crippen LogP contribution in [0.1, 0.15) is 25.7 Å².